The number of carbonyl (C=O) groups excluding carboxylic acids is 2. The predicted octanol–water partition coefficient (Wildman–Crippen LogP) is -0.881. The third-order valence-electron chi connectivity index (χ3n) is 2.40. The highest BCUT2D eigenvalue weighted by atomic mass is 16.2. The summed E-state index contributed by atoms with van der Waals surface area (Å²) in [5, 5.41) is 5.77. The van der Waals surface area contributed by atoms with Crippen molar-refractivity contribution in [1.29, 1.82) is 0 Å². The number of amides is 2. The number of hydrogen-bond donors (Lipinski definition) is 3. The predicted molar refractivity (Wildman–Crippen MR) is 52.4 cm³/mol. The van der Waals surface area contributed by atoms with Crippen molar-refractivity contribution in [2.75, 3.05) is 6.54 Å². The van der Waals surface area contributed by atoms with Crippen LogP contribution in [0.15, 0.2) is 0 Å². The third-order valence-corrected chi connectivity index (χ3v) is 2.40. The van der Waals surface area contributed by atoms with Crippen LogP contribution in [0.2, 0.25) is 0 Å². The maximum absolute atomic E-state index is 11.4. The first kappa shape index (κ1) is 11.0. The molecule has 2 amide bonds. The molecule has 0 saturated carbocycles. The molecule has 1 aliphatic rings. The molecule has 80 valence electrons. The summed E-state index contributed by atoms with van der Waals surface area (Å²) in [6, 6.07) is -0.320. The summed E-state index contributed by atoms with van der Waals surface area (Å²) in [6.45, 7) is 2.56. The zero-order chi connectivity index (χ0) is 10.6. The fraction of sp³-hybridized carbons (Fsp3) is 0.778. The fourth-order valence-electron chi connectivity index (χ4n) is 1.53. The van der Waals surface area contributed by atoms with Crippen molar-refractivity contribution in [2.45, 2.75) is 38.3 Å². The van der Waals surface area contributed by atoms with Gasteiger partial charge >= 0.3 is 0 Å². The largest absolute Gasteiger partial charge is 0.368 e. The monoisotopic (exact) mass is 199 g/mol. The number of nitrogens with one attached hydrogen (secondary N) is 2. The standard InChI is InChI=1S/C9H17N3O2/c1-6(9(10)14)12-8(13)5-7-3-2-4-11-7/h6-7,11H,2-5H2,1H3,(H2,10,14)(H,12,13). The highest BCUT2D eigenvalue weighted by Gasteiger charge is 2.19. The summed E-state index contributed by atoms with van der Waals surface area (Å²) in [7, 11) is 0. The molecule has 1 rings (SSSR count). The Hall–Kier alpha value is -1.10. The molecule has 0 aromatic rings. The molecule has 0 aromatic carbocycles. The molecule has 1 aliphatic heterocycles. The lowest BCUT2D eigenvalue weighted by molar-refractivity contribution is -0.127. The Labute approximate surface area is 83.4 Å². The fourth-order valence-corrected chi connectivity index (χ4v) is 1.53. The van der Waals surface area contributed by atoms with Gasteiger partial charge < -0.3 is 16.4 Å². The van der Waals surface area contributed by atoms with Gasteiger partial charge in [-0.15, -0.1) is 0 Å². The number of primary amides is 1. The number of rotatable bonds is 4. The van der Waals surface area contributed by atoms with Crippen LogP contribution in [-0.2, 0) is 9.59 Å². The van der Waals surface area contributed by atoms with E-state index in [-0.39, 0.29) is 11.9 Å². The first-order valence-corrected chi connectivity index (χ1v) is 4.91. The van der Waals surface area contributed by atoms with Gasteiger partial charge in [-0.05, 0) is 26.3 Å². The van der Waals surface area contributed by atoms with Gasteiger partial charge in [-0.2, -0.15) is 0 Å². The normalized spacial score (nSPS) is 23.1. The summed E-state index contributed by atoms with van der Waals surface area (Å²) < 4.78 is 0. The lowest BCUT2D eigenvalue weighted by Gasteiger charge is -2.13. The quantitative estimate of drug-likeness (QED) is 0.549. The molecule has 0 aromatic heterocycles. The molecule has 1 saturated heterocycles. The molecule has 0 bridgehead atoms. The van der Waals surface area contributed by atoms with Gasteiger partial charge in [-0.3, -0.25) is 9.59 Å². The van der Waals surface area contributed by atoms with Crippen LogP contribution >= 0.6 is 0 Å². The smallest absolute Gasteiger partial charge is 0.239 e. The lowest BCUT2D eigenvalue weighted by atomic mass is 10.1. The van der Waals surface area contributed by atoms with E-state index in [2.05, 4.69) is 10.6 Å². The number of nitrogens with two attached hydrogens (primary N) is 1. The molecule has 2 unspecified atom stereocenters. The van der Waals surface area contributed by atoms with Crippen molar-refractivity contribution in [3.05, 3.63) is 0 Å². The highest BCUT2D eigenvalue weighted by molar-refractivity contribution is 5.86. The summed E-state index contributed by atoms with van der Waals surface area (Å²) in [4.78, 5) is 22.0. The van der Waals surface area contributed by atoms with E-state index in [4.69, 9.17) is 5.73 Å². The Balaban J connectivity index is 2.24. The molecule has 14 heavy (non-hydrogen) atoms. The van der Waals surface area contributed by atoms with Crippen LogP contribution in [-0.4, -0.2) is 30.4 Å². The van der Waals surface area contributed by atoms with Gasteiger partial charge in [-0.1, -0.05) is 0 Å². The second-order valence-corrected chi connectivity index (χ2v) is 3.69. The Morgan fingerprint density at radius 3 is 2.86 bits per heavy atom. The van der Waals surface area contributed by atoms with E-state index in [0.29, 0.717) is 6.42 Å². The maximum atomic E-state index is 11.4. The maximum Gasteiger partial charge on any atom is 0.239 e. The molecule has 1 fully saturated rings. The SMILES string of the molecule is CC(NC(=O)CC1CCCN1)C(N)=O. The van der Waals surface area contributed by atoms with Crippen molar-refractivity contribution >= 4 is 11.8 Å². The summed E-state index contributed by atoms with van der Waals surface area (Å²) in [6.07, 6.45) is 2.57. The van der Waals surface area contributed by atoms with Gasteiger partial charge in [0.05, 0.1) is 0 Å². The first-order valence-electron chi connectivity index (χ1n) is 4.91. The molecular formula is C9H17N3O2. The van der Waals surface area contributed by atoms with Crippen molar-refractivity contribution in [3.8, 4) is 0 Å². The summed E-state index contributed by atoms with van der Waals surface area (Å²) in [5.74, 6) is -0.617. The van der Waals surface area contributed by atoms with E-state index in [1.54, 1.807) is 6.92 Å². The van der Waals surface area contributed by atoms with Crippen molar-refractivity contribution in [2.24, 2.45) is 5.73 Å². The van der Waals surface area contributed by atoms with Crippen molar-refractivity contribution in [1.82, 2.24) is 10.6 Å². The zero-order valence-corrected chi connectivity index (χ0v) is 8.38. The van der Waals surface area contributed by atoms with Gasteiger partial charge in [0.15, 0.2) is 0 Å². The van der Waals surface area contributed by atoms with E-state index in [1.165, 1.54) is 0 Å². The average molecular weight is 199 g/mol. The Kier molecular flexibility index (Phi) is 3.88. The van der Waals surface area contributed by atoms with E-state index in [9.17, 15) is 9.59 Å². The zero-order valence-electron chi connectivity index (χ0n) is 8.38. The van der Waals surface area contributed by atoms with Gasteiger partial charge in [0.25, 0.3) is 0 Å². The number of hydrogen-bond acceptors (Lipinski definition) is 3. The van der Waals surface area contributed by atoms with E-state index in [0.717, 1.165) is 19.4 Å². The Morgan fingerprint density at radius 1 is 1.64 bits per heavy atom. The van der Waals surface area contributed by atoms with E-state index in [1.807, 2.05) is 0 Å². The molecular weight excluding hydrogens is 182 g/mol. The molecule has 4 N–H and O–H groups in total. The van der Waals surface area contributed by atoms with Crippen LogP contribution < -0.4 is 16.4 Å². The van der Waals surface area contributed by atoms with Crippen LogP contribution in [0.5, 0.6) is 0 Å². The molecule has 0 radical (unpaired) electrons. The first-order chi connectivity index (χ1) is 6.59. The van der Waals surface area contributed by atoms with Gasteiger partial charge in [0.2, 0.25) is 11.8 Å². The second kappa shape index (κ2) is 4.95. The van der Waals surface area contributed by atoms with Crippen LogP contribution in [0.3, 0.4) is 0 Å². The van der Waals surface area contributed by atoms with Crippen LogP contribution in [0.25, 0.3) is 0 Å². The lowest BCUT2D eigenvalue weighted by Crippen LogP contribution is -2.43. The van der Waals surface area contributed by atoms with Gasteiger partial charge in [0, 0.05) is 12.5 Å². The molecule has 0 aliphatic carbocycles. The van der Waals surface area contributed by atoms with Gasteiger partial charge in [-0.25, -0.2) is 0 Å². The van der Waals surface area contributed by atoms with E-state index < -0.39 is 11.9 Å². The van der Waals surface area contributed by atoms with Crippen LogP contribution in [0.1, 0.15) is 26.2 Å². The number of carbonyl (C=O) groups is 2. The minimum absolute atomic E-state index is 0.115. The van der Waals surface area contributed by atoms with Crippen LogP contribution in [0, 0.1) is 0 Å². The molecule has 2 atom stereocenters. The van der Waals surface area contributed by atoms with E-state index >= 15 is 0 Å². The Bertz CT molecular complexity index is 224. The molecule has 0 spiro atoms. The molecule has 1 heterocycles. The van der Waals surface area contributed by atoms with Gasteiger partial charge in [0.1, 0.15) is 6.04 Å². The second-order valence-electron chi connectivity index (χ2n) is 3.69. The molecule has 5 heteroatoms. The minimum Gasteiger partial charge on any atom is -0.368 e. The third kappa shape index (κ3) is 3.33. The molecule has 5 nitrogen and oxygen atoms in total. The highest BCUT2D eigenvalue weighted by Crippen LogP contribution is 2.08. The topological polar surface area (TPSA) is 84.2 Å². The summed E-state index contributed by atoms with van der Waals surface area (Å²) in [5.41, 5.74) is 5.02. The van der Waals surface area contributed by atoms with Crippen LogP contribution in [0.4, 0.5) is 0 Å². The Morgan fingerprint density at radius 2 is 2.36 bits per heavy atom. The average Bonchev–Trinajstić information content (AvgIpc) is 2.56. The minimum atomic E-state index is -0.580. The van der Waals surface area contributed by atoms with Crippen molar-refractivity contribution < 1.29 is 9.59 Å². The van der Waals surface area contributed by atoms with Crippen molar-refractivity contribution in [3.63, 3.8) is 0 Å². The summed E-state index contributed by atoms with van der Waals surface area (Å²) >= 11 is 0.